The fourth-order valence-corrected chi connectivity index (χ4v) is 1.21. The number of guanidine groups is 1. The highest BCUT2D eigenvalue weighted by Crippen LogP contribution is 2.03. The molecule has 1 atom stereocenters. The first-order valence-electron chi connectivity index (χ1n) is 4.47. The zero-order chi connectivity index (χ0) is 9.68. The average Bonchev–Trinajstić information content (AvgIpc) is 2.30. The molecule has 0 radical (unpaired) electrons. The molecule has 0 bridgehead atoms. The van der Waals surface area contributed by atoms with Crippen LogP contribution in [-0.4, -0.2) is 31.1 Å². The number of nitrogens with two attached hydrogens (primary N) is 1. The summed E-state index contributed by atoms with van der Waals surface area (Å²) in [5, 5.41) is 2.82. The van der Waals surface area contributed by atoms with E-state index in [0.29, 0.717) is 19.1 Å². The largest absolute Gasteiger partial charge is 0.464 e. The number of hydrogen-bond acceptors (Lipinski definition) is 5. The predicted octanol–water partition coefficient (Wildman–Crippen LogP) is 0.0380. The third-order valence-corrected chi connectivity index (χ3v) is 1.83. The van der Waals surface area contributed by atoms with E-state index in [9.17, 15) is 4.79 Å². The smallest absolute Gasteiger partial charge is 0.328 e. The molecule has 0 saturated carbocycles. The van der Waals surface area contributed by atoms with Crippen molar-refractivity contribution in [3.05, 3.63) is 0 Å². The molecule has 0 fully saturated rings. The van der Waals surface area contributed by atoms with Crippen molar-refractivity contribution in [2.45, 2.75) is 25.8 Å². The van der Waals surface area contributed by atoms with Crippen molar-refractivity contribution in [2.75, 3.05) is 13.2 Å². The van der Waals surface area contributed by atoms with Gasteiger partial charge in [0, 0.05) is 6.54 Å². The molecule has 3 N–H and O–H groups in total. The first-order valence-corrected chi connectivity index (χ1v) is 4.47. The number of nitrogens with zero attached hydrogens (tertiary/aromatic N) is 1. The normalized spacial score (nSPS) is 20.9. The lowest BCUT2D eigenvalue weighted by Gasteiger charge is -2.14. The highest BCUT2D eigenvalue weighted by Gasteiger charge is 2.21. The van der Waals surface area contributed by atoms with Crippen molar-refractivity contribution in [1.82, 2.24) is 5.32 Å². The number of hydrogen-bond donors (Lipinski definition) is 2. The number of esters is 1. The third-order valence-electron chi connectivity index (χ3n) is 1.83. The number of aliphatic imine (C=N–C) groups is 1. The highest BCUT2D eigenvalue weighted by atomic mass is 35.5. The van der Waals surface area contributed by atoms with Gasteiger partial charge in [0.25, 0.3) is 0 Å². The fraction of sp³-hybridized carbons (Fsp3) is 0.750. The van der Waals surface area contributed by atoms with Crippen molar-refractivity contribution in [3.8, 4) is 0 Å². The number of carbonyl (C=O) groups is 1. The maximum Gasteiger partial charge on any atom is 0.328 e. The van der Waals surface area contributed by atoms with E-state index < -0.39 is 0 Å². The Morgan fingerprint density at radius 3 is 3.14 bits per heavy atom. The van der Waals surface area contributed by atoms with Crippen LogP contribution in [0.3, 0.4) is 0 Å². The van der Waals surface area contributed by atoms with Crippen LogP contribution in [0, 0.1) is 0 Å². The van der Waals surface area contributed by atoms with Gasteiger partial charge in [-0.05, 0) is 19.8 Å². The van der Waals surface area contributed by atoms with Gasteiger partial charge in [-0.3, -0.25) is 4.99 Å². The summed E-state index contributed by atoms with van der Waals surface area (Å²) in [6.07, 6.45) is 1.58. The monoisotopic (exact) mass is 221 g/mol. The minimum Gasteiger partial charge on any atom is -0.464 e. The Bertz CT molecular complexity index is 221. The van der Waals surface area contributed by atoms with Gasteiger partial charge < -0.3 is 15.8 Å². The number of ether oxygens (including phenoxy) is 1. The Balaban J connectivity index is 0.00000169. The van der Waals surface area contributed by atoms with Crippen molar-refractivity contribution in [2.24, 2.45) is 10.7 Å². The minimum atomic E-state index is -0.328. The molecule has 0 saturated heterocycles. The number of carbonyl (C=O) groups excluding carboxylic acids is 1. The van der Waals surface area contributed by atoms with Gasteiger partial charge in [-0.1, -0.05) is 0 Å². The molecule has 1 aliphatic rings. The molecule has 82 valence electrons. The van der Waals surface area contributed by atoms with Crippen LogP contribution >= 0.6 is 12.4 Å². The lowest BCUT2D eigenvalue weighted by atomic mass is 10.1. The van der Waals surface area contributed by atoms with Crippen LogP contribution in [0.5, 0.6) is 0 Å². The predicted molar refractivity (Wildman–Crippen MR) is 56.5 cm³/mol. The van der Waals surface area contributed by atoms with Crippen molar-refractivity contribution in [3.63, 3.8) is 0 Å². The summed E-state index contributed by atoms with van der Waals surface area (Å²) in [5.74, 6) is 0.0816. The molecule has 6 heteroatoms. The molecule has 0 amide bonds. The maximum absolute atomic E-state index is 11.3. The SMILES string of the molecule is CCOC(=O)C1CCCN=C(N)N1.Cl. The Morgan fingerprint density at radius 1 is 1.79 bits per heavy atom. The molecule has 0 spiro atoms. The molecule has 0 aliphatic carbocycles. The summed E-state index contributed by atoms with van der Waals surface area (Å²) in [5.41, 5.74) is 5.49. The molecule has 0 aromatic carbocycles. The maximum atomic E-state index is 11.3. The van der Waals surface area contributed by atoms with E-state index in [2.05, 4.69) is 10.3 Å². The summed E-state index contributed by atoms with van der Waals surface area (Å²) in [6, 6.07) is -0.328. The Hall–Kier alpha value is -0.970. The van der Waals surface area contributed by atoms with Crippen LogP contribution in [0.4, 0.5) is 0 Å². The molecule has 1 aliphatic heterocycles. The summed E-state index contributed by atoms with van der Waals surface area (Å²) >= 11 is 0. The lowest BCUT2D eigenvalue weighted by molar-refractivity contribution is -0.145. The number of nitrogens with one attached hydrogen (secondary N) is 1. The minimum absolute atomic E-state index is 0. The Labute approximate surface area is 89.5 Å². The lowest BCUT2D eigenvalue weighted by Crippen LogP contribution is -2.44. The van der Waals surface area contributed by atoms with E-state index in [1.165, 1.54) is 0 Å². The van der Waals surface area contributed by atoms with Crippen LogP contribution in [-0.2, 0) is 9.53 Å². The zero-order valence-electron chi connectivity index (χ0n) is 8.16. The number of rotatable bonds is 2. The van der Waals surface area contributed by atoms with Crippen molar-refractivity contribution >= 4 is 24.3 Å². The zero-order valence-corrected chi connectivity index (χ0v) is 8.97. The van der Waals surface area contributed by atoms with Gasteiger partial charge in [-0.15, -0.1) is 12.4 Å². The van der Waals surface area contributed by atoms with E-state index in [1.54, 1.807) is 6.92 Å². The molecule has 0 aromatic rings. The first-order chi connectivity index (χ1) is 6.24. The van der Waals surface area contributed by atoms with Gasteiger partial charge in [-0.25, -0.2) is 4.79 Å². The highest BCUT2D eigenvalue weighted by molar-refractivity contribution is 5.86. The summed E-state index contributed by atoms with van der Waals surface area (Å²) in [6.45, 7) is 2.86. The summed E-state index contributed by atoms with van der Waals surface area (Å²) in [4.78, 5) is 15.3. The first kappa shape index (κ1) is 13.0. The topological polar surface area (TPSA) is 76.7 Å². The standard InChI is InChI=1S/C8H15N3O2.ClH/c1-2-13-7(12)6-4-3-5-10-8(9)11-6;/h6H,2-5H2,1H3,(H3,9,10,11);1H. The van der Waals surface area contributed by atoms with Crippen LogP contribution in [0.15, 0.2) is 4.99 Å². The van der Waals surface area contributed by atoms with E-state index >= 15 is 0 Å². The average molecular weight is 222 g/mol. The van der Waals surface area contributed by atoms with Crippen molar-refractivity contribution < 1.29 is 9.53 Å². The van der Waals surface area contributed by atoms with Gasteiger partial charge in [0.05, 0.1) is 6.61 Å². The molecule has 5 nitrogen and oxygen atoms in total. The van der Waals surface area contributed by atoms with Gasteiger partial charge in [0.2, 0.25) is 0 Å². The summed E-state index contributed by atoms with van der Waals surface area (Å²) in [7, 11) is 0. The van der Waals surface area contributed by atoms with Crippen LogP contribution in [0.25, 0.3) is 0 Å². The van der Waals surface area contributed by atoms with Crippen LogP contribution in [0.1, 0.15) is 19.8 Å². The molecular formula is C8H16ClN3O2. The van der Waals surface area contributed by atoms with Gasteiger partial charge >= 0.3 is 5.97 Å². The van der Waals surface area contributed by atoms with E-state index in [1.807, 2.05) is 0 Å². The third kappa shape index (κ3) is 3.83. The molecular weight excluding hydrogens is 206 g/mol. The second-order valence-electron chi connectivity index (χ2n) is 2.86. The van der Waals surface area contributed by atoms with Crippen molar-refractivity contribution in [1.29, 1.82) is 0 Å². The second-order valence-corrected chi connectivity index (χ2v) is 2.86. The second kappa shape index (κ2) is 6.48. The molecule has 1 unspecified atom stereocenters. The Kier molecular flexibility index (Phi) is 6.03. The van der Waals surface area contributed by atoms with Gasteiger partial charge in [0.1, 0.15) is 6.04 Å². The van der Waals surface area contributed by atoms with E-state index in [4.69, 9.17) is 10.5 Å². The van der Waals surface area contributed by atoms with Gasteiger partial charge in [-0.2, -0.15) is 0 Å². The van der Waals surface area contributed by atoms with E-state index in [-0.39, 0.29) is 24.4 Å². The molecule has 0 aromatic heterocycles. The Morgan fingerprint density at radius 2 is 2.50 bits per heavy atom. The van der Waals surface area contributed by atoms with Crippen LogP contribution < -0.4 is 11.1 Å². The van der Waals surface area contributed by atoms with Gasteiger partial charge in [0.15, 0.2) is 5.96 Å². The van der Waals surface area contributed by atoms with E-state index in [0.717, 1.165) is 12.8 Å². The number of halogens is 1. The fourth-order valence-electron chi connectivity index (χ4n) is 1.21. The molecule has 1 rings (SSSR count). The molecule has 1 heterocycles. The quantitative estimate of drug-likeness (QED) is 0.646. The summed E-state index contributed by atoms with van der Waals surface area (Å²) < 4.78 is 4.87. The van der Waals surface area contributed by atoms with Crippen LogP contribution in [0.2, 0.25) is 0 Å². The molecule has 14 heavy (non-hydrogen) atoms.